The van der Waals surface area contributed by atoms with E-state index in [4.69, 9.17) is 0 Å². The number of rotatable bonds is 6. The van der Waals surface area contributed by atoms with E-state index in [-0.39, 0.29) is 5.91 Å². The molecule has 0 saturated heterocycles. The van der Waals surface area contributed by atoms with Crippen molar-refractivity contribution in [1.29, 1.82) is 5.26 Å². The van der Waals surface area contributed by atoms with Gasteiger partial charge in [0, 0.05) is 6.04 Å². The Morgan fingerprint density at radius 3 is 2.45 bits per heavy atom. The summed E-state index contributed by atoms with van der Waals surface area (Å²) in [5, 5.41) is 12.5. The molecule has 1 saturated carbocycles. The number of likely N-dealkylation sites (N-methyl/N-ethyl adjacent to an activating group) is 1. The van der Waals surface area contributed by atoms with Gasteiger partial charge >= 0.3 is 0 Å². The van der Waals surface area contributed by atoms with Crippen LogP contribution in [-0.4, -0.2) is 36.0 Å². The SMILES string of the molecule is CCCC(C)N(C)CC(=O)NC1(C#N)CCCCCC1. The first-order valence-corrected chi connectivity index (χ1v) is 7.95. The third-order valence-electron chi connectivity index (χ3n) is 4.40. The lowest BCUT2D eigenvalue weighted by atomic mass is 9.92. The number of amides is 1. The second-order valence-corrected chi connectivity index (χ2v) is 6.21. The lowest BCUT2D eigenvalue weighted by molar-refractivity contribution is -0.123. The van der Waals surface area contributed by atoms with E-state index in [0.717, 1.165) is 38.5 Å². The lowest BCUT2D eigenvalue weighted by Crippen LogP contribution is -2.50. The van der Waals surface area contributed by atoms with Crippen molar-refractivity contribution < 1.29 is 4.79 Å². The van der Waals surface area contributed by atoms with E-state index in [2.05, 4.69) is 30.1 Å². The van der Waals surface area contributed by atoms with Crippen LogP contribution in [0.5, 0.6) is 0 Å². The van der Waals surface area contributed by atoms with Crippen LogP contribution in [0.25, 0.3) is 0 Å². The van der Waals surface area contributed by atoms with E-state index in [1.165, 1.54) is 12.8 Å². The number of nitrogens with zero attached hydrogens (tertiary/aromatic N) is 2. The lowest BCUT2D eigenvalue weighted by Gasteiger charge is -2.29. The van der Waals surface area contributed by atoms with Gasteiger partial charge in [-0.3, -0.25) is 9.69 Å². The minimum atomic E-state index is -0.623. The van der Waals surface area contributed by atoms with E-state index in [1.54, 1.807) is 0 Å². The quantitative estimate of drug-likeness (QED) is 0.761. The van der Waals surface area contributed by atoms with Crippen LogP contribution in [0.2, 0.25) is 0 Å². The summed E-state index contributed by atoms with van der Waals surface area (Å²) in [6.45, 7) is 4.67. The van der Waals surface area contributed by atoms with Crippen molar-refractivity contribution in [2.75, 3.05) is 13.6 Å². The normalized spacial score (nSPS) is 19.9. The molecule has 4 nitrogen and oxygen atoms in total. The number of nitriles is 1. The smallest absolute Gasteiger partial charge is 0.235 e. The second kappa shape index (κ2) is 8.26. The second-order valence-electron chi connectivity index (χ2n) is 6.21. The minimum absolute atomic E-state index is 0.0149. The molecule has 1 aliphatic carbocycles. The molecule has 0 bridgehead atoms. The van der Waals surface area contributed by atoms with Crippen LogP contribution in [0.15, 0.2) is 0 Å². The Bertz CT molecular complexity index is 340. The molecule has 1 N–H and O–H groups in total. The van der Waals surface area contributed by atoms with Gasteiger partial charge in [-0.05, 0) is 33.2 Å². The molecule has 1 aliphatic rings. The Labute approximate surface area is 123 Å². The van der Waals surface area contributed by atoms with E-state index >= 15 is 0 Å². The molecular formula is C16H29N3O. The maximum Gasteiger partial charge on any atom is 0.235 e. The Kier molecular flexibility index (Phi) is 7.01. The highest BCUT2D eigenvalue weighted by Crippen LogP contribution is 2.26. The maximum atomic E-state index is 12.2. The fraction of sp³-hybridized carbons (Fsp3) is 0.875. The Balaban J connectivity index is 2.52. The first-order valence-electron chi connectivity index (χ1n) is 7.95. The van der Waals surface area contributed by atoms with Crippen molar-refractivity contribution in [2.24, 2.45) is 0 Å². The summed E-state index contributed by atoms with van der Waals surface area (Å²) in [5.74, 6) is -0.0149. The van der Waals surface area contributed by atoms with E-state index in [1.807, 2.05) is 7.05 Å². The molecule has 20 heavy (non-hydrogen) atoms. The average Bonchev–Trinajstić information content (AvgIpc) is 2.65. The summed E-state index contributed by atoms with van der Waals surface area (Å²) in [6.07, 6.45) is 8.22. The van der Waals surface area contributed by atoms with Crippen molar-refractivity contribution in [3.8, 4) is 6.07 Å². The minimum Gasteiger partial charge on any atom is -0.337 e. The zero-order chi connectivity index (χ0) is 15.0. The van der Waals surface area contributed by atoms with Crippen molar-refractivity contribution in [2.45, 2.75) is 76.8 Å². The standard InChI is InChI=1S/C16H29N3O/c1-4-9-14(2)19(3)12-15(20)18-16(13-17)10-7-5-6-8-11-16/h14H,4-12H2,1-3H3,(H,18,20). The zero-order valence-electron chi connectivity index (χ0n) is 13.2. The van der Waals surface area contributed by atoms with Crippen LogP contribution in [0.3, 0.4) is 0 Å². The molecule has 0 aliphatic heterocycles. The summed E-state index contributed by atoms with van der Waals surface area (Å²) in [4.78, 5) is 14.3. The molecule has 1 unspecified atom stereocenters. The molecule has 0 heterocycles. The number of hydrogen-bond acceptors (Lipinski definition) is 3. The molecule has 1 rings (SSSR count). The summed E-state index contributed by atoms with van der Waals surface area (Å²) >= 11 is 0. The number of hydrogen-bond donors (Lipinski definition) is 1. The zero-order valence-corrected chi connectivity index (χ0v) is 13.2. The van der Waals surface area contributed by atoms with E-state index < -0.39 is 5.54 Å². The third kappa shape index (κ3) is 5.13. The molecular weight excluding hydrogens is 250 g/mol. The van der Waals surface area contributed by atoms with Crippen molar-refractivity contribution in [3.63, 3.8) is 0 Å². The predicted molar refractivity (Wildman–Crippen MR) is 81.2 cm³/mol. The van der Waals surface area contributed by atoms with Crippen LogP contribution >= 0.6 is 0 Å². The summed E-state index contributed by atoms with van der Waals surface area (Å²) in [5.41, 5.74) is -0.623. The van der Waals surface area contributed by atoms with Gasteiger partial charge in [0.1, 0.15) is 5.54 Å². The van der Waals surface area contributed by atoms with Gasteiger partial charge in [-0.25, -0.2) is 0 Å². The third-order valence-corrected chi connectivity index (χ3v) is 4.40. The summed E-state index contributed by atoms with van der Waals surface area (Å²) < 4.78 is 0. The predicted octanol–water partition coefficient (Wildman–Crippen LogP) is 2.84. The van der Waals surface area contributed by atoms with E-state index in [0.29, 0.717) is 12.6 Å². The molecule has 0 aromatic rings. The van der Waals surface area contributed by atoms with Gasteiger partial charge in [0.25, 0.3) is 0 Å². The highest BCUT2D eigenvalue weighted by atomic mass is 16.2. The van der Waals surface area contributed by atoms with Crippen LogP contribution in [0.1, 0.15) is 65.2 Å². The number of carbonyl (C=O) groups excluding carboxylic acids is 1. The van der Waals surface area contributed by atoms with Crippen molar-refractivity contribution in [3.05, 3.63) is 0 Å². The molecule has 0 radical (unpaired) electrons. The van der Waals surface area contributed by atoms with Crippen LogP contribution < -0.4 is 5.32 Å². The Morgan fingerprint density at radius 1 is 1.35 bits per heavy atom. The fourth-order valence-electron chi connectivity index (χ4n) is 2.92. The molecule has 0 aromatic heterocycles. The summed E-state index contributed by atoms with van der Waals surface area (Å²) in [7, 11) is 1.98. The first kappa shape index (κ1) is 17.0. The average molecular weight is 279 g/mol. The number of nitrogens with one attached hydrogen (secondary N) is 1. The maximum absolute atomic E-state index is 12.2. The molecule has 4 heteroatoms. The van der Waals surface area contributed by atoms with Gasteiger partial charge in [-0.1, -0.05) is 39.0 Å². The first-order chi connectivity index (χ1) is 9.53. The largest absolute Gasteiger partial charge is 0.337 e. The number of carbonyl (C=O) groups is 1. The van der Waals surface area contributed by atoms with E-state index in [9.17, 15) is 10.1 Å². The highest BCUT2D eigenvalue weighted by molar-refractivity contribution is 5.79. The van der Waals surface area contributed by atoms with Crippen molar-refractivity contribution >= 4 is 5.91 Å². The van der Waals surface area contributed by atoms with Gasteiger partial charge in [0.2, 0.25) is 5.91 Å². The molecule has 1 atom stereocenters. The summed E-state index contributed by atoms with van der Waals surface area (Å²) in [6, 6.07) is 2.77. The highest BCUT2D eigenvalue weighted by Gasteiger charge is 2.32. The van der Waals surface area contributed by atoms with Crippen molar-refractivity contribution in [1.82, 2.24) is 10.2 Å². The molecule has 1 amide bonds. The topological polar surface area (TPSA) is 56.1 Å². The van der Waals surface area contributed by atoms with Gasteiger partial charge in [-0.2, -0.15) is 5.26 Å². The monoisotopic (exact) mass is 279 g/mol. The van der Waals surface area contributed by atoms with Gasteiger partial charge in [0.05, 0.1) is 12.6 Å². The molecule has 0 aromatic carbocycles. The molecule has 0 spiro atoms. The Morgan fingerprint density at radius 2 is 1.95 bits per heavy atom. The molecule has 114 valence electrons. The van der Waals surface area contributed by atoms with Gasteiger partial charge in [0.15, 0.2) is 0 Å². The van der Waals surface area contributed by atoms with Gasteiger partial charge in [-0.15, -0.1) is 0 Å². The van der Waals surface area contributed by atoms with Gasteiger partial charge < -0.3 is 5.32 Å². The van der Waals surface area contributed by atoms with Crippen LogP contribution in [0, 0.1) is 11.3 Å². The molecule has 1 fully saturated rings. The fourth-order valence-corrected chi connectivity index (χ4v) is 2.92. The Hall–Kier alpha value is -1.08. The van der Waals surface area contributed by atoms with Crippen LogP contribution in [-0.2, 0) is 4.79 Å². The van der Waals surface area contributed by atoms with Crippen LogP contribution in [0.4, 0.5) is 0 Å².